The van der Waals surface area contributed by atoms with Gasteiger partial charge in [-0.1, -0.05) is 54.6 Å². The van der Waals surface area contributed by atoms with Gasteiger partial charge in [0, 0.05) is 31.1 Å². The van der Waals surface area contributed by atoms with Crippen molar-refractivity contribution in [3.05, 3.63) is 95.6 Å². The Morgan fingerprint density at radius 3 is 2.32 bits per heavy atom. The van der Waals surface area contributed by atoms with Crippen molar-refractivity contribution in [1.82, 2.24) is 9.21 Å². The van der Waals surface area contributed by atoms with Crippen molar-refractivity contribution in [3.8, 4) is 5.75 Å². The topological polar surface area (TPSA) is 42.0 Å². The van der Waals surface area contributed by atoms with Crippen LogP contribution in [0.1, 0.15) is 23.6 Å². The summed E-state index contributed by atoms with van der Waals surface area (Å²) in [5.41, 5.74) is 3.70. The van der Waals surface area contributed by atoms with Gasteiger partial charge in [-0.25, -0.2) is 4.31 Å². The summed E-state index contributed by atoms with van der Waals surface area (Å²) < 4.78 is 13.5. The molecule has 3 aromatic rings. The van der Waals surface area contributed by atoms with E-state index >= 15 is 0 Å². The summed E-state index contributed by atoms with van der Waals surface area (Å²) in [4.78, 5) is 15.0. The lowest BCUT2D eigenvalue weighted by Crippen LogP contribution is -2.45. The second kappa shape index (κ2) is 12.6. The molecule has 3 aromatic carbocycles. The number of hydrogen-bond donors (Lipinski definition) is 0. The maximum Gasteiger partial charge on any atom is 0.320 e. The Kier molecular flexibility index (Phi) is 9.02. The number of carbonyl (C=O) groups excluding carboxylic acids is 1. The second-order valence-corrected chi connectivity index (χ2v) is 9.51. The third-order valence-corrected chi connectivity index (χ3v) is 6.81. The fourth-order valence-electron chi connectivity index (χ4n) is 3.91. The van der Waals surface area contributed by atoms with Crippen molar-refractivity contribution in [2.45, 2.75) is 24.8 Å². The zero-order valence-corrected chi connectivity index (χ0v) is 20.5. The van der Waals surface area contributed by atoms with Crippen molar-refractivity contribution in [3.63, 3.8) is 0 Å². The first-order valence-electron chi connectivity index (χ1n) is 11.8. The van der Waals surface area contributed by atoms with Gasteiger partial charge in [0.2, 0.25) is 0 Å². The van der Waals surface area contributed by atoms with Gasteiger partial charge in [0.1, 0.15) is 12.4 Å². The molecule has 4 rings (SSSR count). The number of benzene rings is 3. The number of esters is 1. The van der Waals surface area contributed by atoms with E-state index in [-0.39, 0.29) is 5.97 Å². The average molecular weight is 477 g/mol. The van der Waals surface area contributed by atoms with E-state index in [2.05, 4.69) is 75.9 Å². The van der Waals surface area contributed by atoms with E-state index < -0.39 is 0 Å². The zero-order chi connectivity index (χ0) is 23.6. The number of piperazine rings is 1. The van der Waals surface area contributed by atoms with Gasteiger partial charge in [-0.15, -0.1) is 0 Å². The lowest BCUT2D eigenvalue weighted by Gasteiger charge is -2.33. The minimum atomic E-state index is -0.135. The smallest absolute Gasteiger partial charge is 0.320 e. The van der Waals surface area contributed by atoms with Crippen LogP contribution in [0.5, 0.6) is 5.75 Å². The molecular formula is C28H32N2O3S. The van der Waals surface area contributed by atoms with Crippen molar-refractivity contribution in [2.75, 3.05) is 39.3 Å². The van der Waals surface area contributed by atoms with Crippen LogP contribution in [0.3, 0.4) is 0 Å². The molecule has 0 atom stereocenters. The third-order valence-electron chi connectivity index (χ3n) is 5.70. The summed E-state index contributed by atoms with van der Waals surface area (Å²) in [6, 6.07) is 27.4. The first-order chi connectivity index (χ1) is 16.7. The molecule has 6 heteroatoms. The molecule has 0 unspecified atom stereocenters. The lowest BCUT2D eigenvalue weighted by molar-refractivity contribution is -0.144. The van der Waals surface area contributed by atoms with Crippen LogP contribution in [0.25, 0.3) is 0 Å². The molecule has 0 bridgehead atoms. The number of nitrogens with zero attached hydrogens (tertiary/aromatic N) is 2. The molecule has 1 saturated heterocycles. The van der Waals surface area contributed by atoms with Crippen LogP contribution in [0, 0.1) is 0 Å². The highest BCUT2D eigenvalue weighted by molar-refractivity contribution is 7.97. The average Bonchev–Trinajstić information content (AvgIpc) is 2.86. The maximum atomic E-state index is 11.7. The van der Waals surface area contributed by atoms with Crippen LogP contribution >= 0.6 is 11.9 Å². The molecule has 1 fully saturated rings. The molecule has 0 spiro atoms. The Balaban J connectivity index is 1.22. The first kappa shape index (κ1) is 24.3. The van der Waals surface area contributed by atoms with E-state index in [1.807, 2.05) is 19.1 Å². The number of carbonyl (C=O) groups is 1. The van der Waals surface area contributed by atoms with Gasteiger partial charge >= 0.3 is 5.97 Å². The number of hydrogen-bond acceptors (Lipinski definition) is 6. The molecule has 1 aliphatic heterocycles. The van der Waals surface area contributed by atoms with E-state index in [1.165, 1.54) is 16.0 Å². The number of rotatable bonds is 10. The van der Waals surface area contributed by atoms with Gasteiger partial charge in [-0.2, -0.15) is 0 Å². The quantitative estimate of drug-likeness (QED) is 0.302. The van der Waals surface area contributed by atoms with Crippen molar-refractivity contribution in [2.24, 2.45) is 0 Å². The fourth-order valence-corrected chi connectivity index (χ4v) is 4.81. The van der Waals surface area contributed by atoms with Gasteiger partial charge in [0.25, 0.3) is 0 Å². The Hall–Kier alpha value is -2.80. The molecule has 178 valence electrons. The highest BCUT2D eigenvalue weighted by Crippen LogP contribution is 2.25. The van der Waals surface area contributed by atoms with E-state index in [9.17, 15) is 4.79 Å². The molecule has 0 N–H and O–H groups in total. The number of ether oxygens (including phenoxy) is 2. The Morgan fingerprint density at radius 1 is 0.853 bits per heavy atom. The predicted molar refractivity (Wildman–Crippen MR) is 137 cm³/mol. The molecule has 0 aromatic heterocycles. The molecule has 0 radical (unpaired) electrons. The lowest BCUT2D eigenvalue weighted by atomic mass is 10.1. The molecular weight excluding hydrogens is 444 g/mol. The van der Waals surface area contributed by atoms with Crippen molar-refractivity contribution in [1.29, 1.82) is 0 Å². The monoisotopic (exact) mass is 476 g/mol. The molecule has 1 heterocycles. The predicted octanol–water partition coefficient (Wildman–Crippen LogP) is 5.04. The zero-order valence-electron chi connectivity index (χ0n) is 19.7. The highest BCUT2D eigenvalue weighted by atomic mass is 32.2. The maximum absolute atomic E-state index is 11.7. The van der Waals surface area contributed by atoms with E-state index in [1.54, 1.807) is 11.9 Å². The van der Waals surface area contributed by atoms with Gasteiger partial charge in [-0.05, 0) is 66.2 Å². The largest absolute Gasteiger partial charge is 0.489 e. The minimum absolute atomic E-state index is 0.135. The summed E-state index contributed by atoms with van der Waals surface area (Å²) in [7, 11) is 0. The molecule has 34 heavy (non-hydrogen) atoms. The molecule has 0 aliphatic carbocycles. The molecule has 1 aliphatic rings. The second-order valence-electron chi connectivity index (χ2n) is 8.34. The minimum Gasteiger partial charge on any atom is -0.489 e. The summed E-state index contributed by atoms with van der Waals surface area (Å²) >= 11 is 1.77. The SMILES string of the molecule is CCOC(=O)CN1CCN(Sc2ccc(COc3cccc(Cc4ccccc4)c3)cc2)CC1. The van der Waals surface area contributed by atoms with Crippen LogP contribution in [-0.4, -0.2) is 54.5 Å². The fraction of sp³-hybridized carbons (Fsp3) is 0.321. The normalized spacial score (nSPS) is 14.6. The van der Waals surface area contributed by atoms with Crippen LogP contribution in [0.2, 0.25) is 0 Å². The summed E-state index contributed by atoms with van der Waals surface area (Å²) in [6.07, 6.45) is 0.904. The first-order valence-corrected chi connectivity index (χ1v) is 12.6. The van der Waals surface area contributed by atoms with Crippen molar-refractivity contribution >= 4 is 17.9 Å². The van der Waals surface area contributed by atoms with E-state index in [0.29, 0.717) is 19.8 Å². The van der Waals surface area contributed by atoms with Gasteiger partial charge in [-0.3, -0.25) is 9.69 Å². The summed E-state index contributed by atoms with van der Waals surface area (Å²) in [5.74, 6) is 0.761. The Morgan fingerprint density at radius 2 is 1.59 bits per heavy atom. The molecule has 5 nitrogen and oxygen atoms in total. The van der Waals surface area contributed by atoms with E-state index in [4.69, 9.17) is 9.47 Å². The van der Waals surface area contributed by atoms with Crippen LogP contribution in [0.4, 0.5) is 0 Å². The third kappa shape index (κ3) is 7.62. The van der Waals surface area contributed by atoms with Gasteiger partial charge in [0.15, 0.2) is 0 Å². The van der Waals surface area contributed by atoms with Gasteiger partial charge in [0.05, 0.1) is 13.2 Å². The van der Waals surface area contributed by atoms with Gasteiger partial charge < -0.3 is 9.47 Å². The van der Waals surface area contributed by atoms with Crippen LogP contribution in [-0.2, 0) is 22.6 Å². The Bertz CT molecular complexity index is 1040. The molecule has 0 amide bonds. The summed E-state index contributed by atoms with van der Waals surface area (Å²) in [6.45, 7) is 6.82. The standard InChI is InChI=1S/C28H32N2O3S/c1-2-32-28(31)21-29-15-17-30(18-16-29)34-27-13-11-24(12-14-27)22-33-26-10-6-9-25(20-26)19-23-7-4-3-5-8-23/h3-14,20H,2,15-19,21-22H2,1H3. The summed E-state index contributed by atoms with van der Waals surface area (Å²) in [5, 5.41) is 0. The van der Waals surface area contributed by atoms with Crippen LogP contribution < -0.4 is 4.74 Å². The molecule has 0 saturated carbocycles. The Labute approximate surface area is 206 Å². The van der Waals surface area contributed by atoms with Crippen molar-refractivity contribution < 1.29 is 14.3 Å². The highest BCUT2D eigenvalue weighted by Gasteiger charge is 2.20. The van der Waals surface area contributed by atoms with Crippen LogP contribution in [0.15, 0.2) is 83.8 Å². The van der Waals surface area contributed by atoms with E-state index in [0.717, 1.165) is 43.9 Å².